The van der Waals surface area contributed by atoms with Crippen LogP contribution in [-0.4, -0.2) is 17.1 Å². The molecule has 4 heteroatoms. The second kappa shape index (κ2) is 7.97. The first kappa shape index (κ1) is 18.0. The number of aryl methyl sites for hydroxylation is 1. The molecule has 2 rings (SSSR count). The predicted octanol–water partition coefficient (Wildman–Crippen LogP) is 4.02. The van der Waals surface area contributed by atoms with Crippen molar-refractivity contribution in [3.05, 3.63) is 59.2 Å². The summed E-state index contributed by atoms with van der Waals surface area (Å²) in [5, 5.41) is 12.2. The van der Waals surface area contributed by atoms with Gasteiger partial charge < -0.3 is 15.2 Å². The van der Waals surface area contributed by atoms with Crippen molar-refractivity contribution >= 4 is 11.6 Å². The molecule has 0 aliphatic rings. The molecule has 0 radical (unpaired) electrons. The molecule has 2 N–H and O–H groups in total. The van der Waals surface area contributed by atoms with E-state index in [0.717, 1.165) is 22.4 Å². The van der Waals surface area contributed by atoms with Gasteiger partial charge in [-0.2, -0.15) is 0 Å². The molecule has 24 heavy (non-hydrogen) atoms. The molecule has 0 spiro atoms. The van der Waals surface area contributed by atoms with E-state index in [1.807, 2.05) is 25.1 Å². The normalized spacial score (nSPS) is 12.1. The van der Waals surface area contributed by atoms with Crippen molar-refractivity contribution in [3.8, 4) is 5.75 Å². The van der Waals surface area contributed by atoms with Crippen LogP contribution in [0.25, 0.3) is 0 Å². The minimum Gasteiger partial charge on any atom is -0.481 e. The molecular formula is C20H25NO3. The summed E-state index contributed by atoms with van der Waals surface area (Å²) in [7, 11) is 0. The number of aliphatic hydroxyl groups excluding tert-OH is 1. The molecule has 2 aromatic carbocycles. The Labute approximate surface area is 143 Å². The minimum atomic E-state index is -0.640. The maximum absolute atomic E-state index is 12.5. The third kappa shape index (κ3) is 4.36. The maximum atomic E-state index is 12.5. The van der Waals surface area contributed by atoms with Crippen molar-refractivity contribution in [2.45, 2.75) is 46.3 Å². The monoisotopic (exact) mass is 327 g/mol. The Bertz CT molecular complexity index is 710. The summed E-state index contributed by atoms with van der Waals surface area (Å²) in [6, 6.07) is 13.1. The molecule has 0 fully saturated rings. The second-order valence-electron chi connectivity index (χ2n) is 6.25. The fourth-order valence-electron chi connectivity index (χ4n) is 2.54. The van der Waals surface area contributed by atoms with Gasteiger partial charge in [0.15, 0.2) is 6.10 Å². The van der Waals surface area contributed by atoms with Gasteiger partial charge in [-0.05, 0) is 48.6 Å². The summed E-state index contributed by atoms with van der Waals surface area (Å²) in [6.45, 7) is 7.85. The summed E-state index contributed by atoms with van der Waals surface area (Å²) in [5.74, 6) is 0.691. The van der Waals surface area contributed by atoms with Crippen LogP contribution in [0.15, 0.2) is 42.5 Å². The lowest BCUT2D eigenvalue weighted by atomic mass is 9.98. The van der Waals surface area contributed by atoms with Crippen LogP contribution in [0.4, 0.5) is 5.69 Å². The van der Waals surface area contributed by atoms with E-state index in [1.54, 1.807) is 31.2 Å². The van der Waals surface area contributed by atoms with Crippen LogP contribution in [-0.2, 0) is 11.4 Å². The lowest BCUT2D eigenvalue weighted by Crippen LogP contribution is -2.30. The van der Waals surface area contributed by atoms with Gasteiger partial charge in [0.05, 0.1) is 6.61 Å². The van der Waals surface area contributed by atoms with Crippen molar-refractivity contribution in [1.82, 2.24) is 0 Å². The second-order valence-corrected chi connectivity index (χ2v) is 6.25. The number of nitrogens with one attached hydrogen (secondary N) is 1. The molecule has 1 unspecified atom stereocenters. The molecule has 2 aromatic rings. The van der Waals surface area contributed by atoms with Crippen LogP contribution in [0.2, 0.25) is 0 Å². The summed E-state index contributed by atoms with van der Waals surface area (Å²) < 4.78 is 5.71. The molecule has 1 atom stereocenters. The van der Waals surface area contributed by atoms with E-state index in [0.29, 0.717) is 11.7 Å². The van der Waals surface area contributed by atoms with E-state index < -0.39 is 6.10 Å². The number of benzene rings is 2. The highest BCUT2D eigenvalue weighted by atomic mass is 16.5. The molecule has 0 aliphatic carbocycles. The molecule has 0 bridgehead atoms. The highest BCUT2D eigenvalue weighted by Crippen LogP contribution is 2.27. The number of rotatable bonds is 6. The van der Waals surface area contributed by atoms with Gasteiger partial charge in [-0.25, -0.2) is 0 Å². The molecule has 0 saturated heterocycles. The summed E-state index contributed by atoms with van der Waals surface area (Å²) >= 11 is 0. The van der Waals surface area contributed by atoms with Gasteiger partial charge in [-0.1, -0.05) is 44.2 Å². The standard InChI is InChI=1S/C20H25NO3/c1-13(2)18-10-5-7-14(3)19(18)21-20(23)15(4)24-17-9-6-8-16(11-17)12-22/h5-11,13,15,22H,12H2,1-4H3,(H,21,23). The highest BCUT2D eigenvalue weighted by molar-refractivity contribution is 5.95. The number of ether oxygens (including phenoxy) is 1. The Hall–Kier alpha value is -2.33. The van der Waals surface area contributed by atoms with E-state index >= 15 is 0 Å². The first-order valence-electron chi connectivity index (χ1n) is 8.19. The van der Waals surface area contributed by atoms with Crippen molar-refractivity contribution in [1.29, 1.82) is 0 Å². The van der Waals surface area contributed by atoms with Crippen LogP contribution in [0.5, 0.6) is 5.75 Å². The molecule has 1 amide bonds. The van der Waals surface area contributed by atoms with Crippen LogP contribution in [0.3, 0.4) is 0 Å². The Morgan fingerprint density at radius 3 is 2.54 bits per heavy atom. The lowest BCUT2D eigenvalue weighted by molar-refractivity contribution is -0.122. The van der Waals surface area contributed by atoms with Gasteiger partial charge in [-0.3, -0.25) is 4.79 Å². The van der Waals surface area contributed by atoms with Gasteiger partial charge in [0.2, 0.25) is 0 Å². The van der Waals surface area contributed by atoms with Crippen LogP contribution >= 0.6 is 0 Å². The van der Waals surface area contributed by atoms with Gasteiger partial charge in [0.1, 0.15) is 5.75 Å². The molecular weight excluding hydrogens is 302 g/mol. The largest absolute Gasteiger partial charge is 0.481 e. The SMILES string of the molecule is Cc1cccc(C(C)C)c1NC(=O)C(C)Oc1cccc(CO)c1. The van der Waals surface area contributed by atoms with Crippen molar-refractivity contribution in [2.75, 3.05) is 5.32 Å². The Morgan fingerprint density at radius 1 is 1.17 bits per heavy atom. The first-order chi connectivity index (χ1) is 11.4. The van der Waals surface area contributed by atoms with E-state index in [2.05, 4.69) is 19.2 Å². The van der Waals surface area contributed by atoms with E-state index in [-0.39, 0.29) is 12.5 Å². The summed E-state index contributed by atoms with van der Waals surface area (Å²) in [4.78, 5) is 12.5. The van der Waals surface area contributed by atoms with Crippen molar-refractivity contribution in [2.24, 2.45) is 0 Å². The fraction of sp³-hybridized carbons (Fsp3) is 0.350. The van der Waals surface area contributed by atoms with Gasteiger partial charge in [0.25, 0.3) is 5.91 Å². The first-order valence-corrected chi connectivity index (χ1v) is 8.19. The molecule has 0 heterocycles. The highest BCUT2D eigenvalue weighted by Gasteiger charge is 2.18. The molecule has 128 valence electrons. The minimum absolute atomic E-state index is 0.0568. The number of anilines is 1. The van der Waals surface area contributed by atoms with Gasteiger partial charge in [-0.15, -0.1) is 0 Å². The zero-order chi connectivity index (χ0) is 17.7. The quantitative estimate of drug-likeness (QED) is 0.842. The Kier molecular flexibility index (Phi) is 5.99. The topological polar surface area (TPSA) is 58.6 Å². The molecule has 0 aromatic heterocycles. The zero-order valence-electron chi connectivity index (χ0n) is 14.7. The Morgan fingerprint density at radius 2 is 1.88 bits per heavy atom. The molecule has 0 saturated carbocycles. The number of hydrogen-bond acceptors (Lipinski definition) is 3. The van der Waals surface area contributed by atoms with E-state index in [9.17, 15) is 9.90 Å². The smallest absolute Gasteiger partial charge is 0.265 e. The van der Waals surface area contributed by atoms with Gasteiger partial charge in [0, 0.05) is 5.69 Å². The molecule has 0 aliphatic heterocycles. The average Bonchev–Trinajstić information content (AvgIpc) is 2.56. The maximum Gasteiger partial charge on any atom is 0.265 e. The number of aliphatic hydroxyl groups is 1. The summed E-state index contributed by atoms with van der Waals surface area (Å²) in [6.07, 6.45) is -0.640. The van der Waals surface area contributed by atoms with Crippen molar-refractivity contribution < 1.29 is 14.6 Å². The number of carbonyl (C=O) groups excluding carboxylic acids is 1. The zero-order valence-corrected chi connectivity index (χ0v) is 14.7. The van der Waals surface area contributed by atoms with Crippen LogP contribution in [0, 0.1) is 6.92 Å². The lowest BCUT2D eigenvalue weighted by Gasteiger charge is -2.19. The molecule has 4 nitrogen and oxygen atoms in total. The number of carbonyl (C=O) groups is 1. The van der Waals surface area contributed by atoms with E-state index in [4.69, 9.17) is 4.74 Å². The third-order valence-corrected chi connectivity index (χ3v) is 3.94. The van der Waals surface area contributed by atoms with E-state index in [1.165, 1.54) is 0 Å². The summed E-state index contributed by atoms with van der Waals surface area (Å²) in [5.41, 5.74) is 3.75. The third-order valence-electron chi connectivity index (χ3n) is 3.94. The Balaban J connectivity index is 2.12. The van der Waals surface area contributed by atoms with Crippen molar-refractivity contribution in [3.63, 3.8) is 0 Å². The number of para-hydroxylation sites is 1. The predicted molar refractivity (Wildman–Crippen MR) is 96.4 cm³/mol. The fourth-order valence-corrected chi connectivity index (χ4v) is 2.54. The van der Waals surface area contributed by atoms with Gasteiger partial charge >= 0.3 is 0 Å². The average molecular weight is 327 g/mol. The number of hydrogen-bond donors (Lipinski definition) is 2. The van der Waals surface area contributed by atoms with Crippen LogP contribution in [0.1, 0.15) is 43.4 Å². The van der Waals surface area contributed by atoms with Crippen LogP contribution < -0.4 is 10.1 Å². The number of amides is 1.